The first kappa shape index (κ1) is 15.3. The van der Waals surface area contributed by atoms with Crippen molar-refractivity contribution >= 4 is 17.3 Å². The molecule has 0 spiro atoms. The fourth-order valence-corrected chi connectivity index (χ4v) is 1.70. The quantitative estimate of drug-likeness (QED) is 0.654. The molecule has 7 nitrogen and oxygen atoms in total. The number of nitrogens with one attached hydrogen (secondary N) is 1. The number of amides is 1. The Hall–Kier alpha value is -3.09. The van der Waals surface area contributed by atoms with Gasteiger partial charge in [0.15, 0.2) is 6.61 Å². The summed E-state index contributed by atoms with van der Waals surface area (Å²) in [7, 11) is 1.54. The van der Waals surface area contributed by atoms with E-state index in [-0.39, 0.29) is 18.2 Å². The number of carbonyl (C=O) groups excluding carboxylic acids is 1. The Morgan fingerprint density at radius 1 is 1.18 bits per heavy atom. The lowest BCUT2D eigenvalue weighted by Gasteiger charge is -2.08. The standard InChI is InChI=1S/C15H14N2O5/c1-21-13-3-2-4-14(9-13)22-10-15(18)16-11-5-7-12(8-6-11)17(19)20/h2-9H,10H2,1H3,(H,16,18). The molecule has 22 heavy (non-hydrogen) atoms. The van der Waals surface area contributed by atoms with E-state index in [2.05, 4.69) is 5.32 Å². The molecule has 2 aromatic carbocycles. The van der Waals surface area contributed by atoms with Crippen LogP contribution in [0, 0.1) is 10.1 Å². The number of nitro benzene ring substituents is 1. The summed E-state index contributed by atoms with van der Waals surface area (Å²) in [6.07, 6.45) is 0. The molecule has 1 amide bonds. The predicted molar refractivity (Wildman–Crippen MR) is 80.2 cm³/mol. The van der Waals surface area contributed by atoms with E-state index in [0.29, 0.717) is 17.2 Å². The number of hydrogen-bond acceptors (Lipinski definition) is 5. The van der Waals surface area contributed by atoms with E-state index in [4.69, 9.17) is 9.47 Å². The van der Waals surface area contributed by atoms with E-state index in [1.165, 1.54) is 24.3 Å². The van der Waals surface area contributed by atoms with E-state index in [9.17, 15) is 14.9 Å². The van der Waals surface area contributed by atoms with Crippen LogP contribution in [0.1, 0.15) is 0 Å². The molecule has 2 rings (SSSR count). The number of benzene rings is 2. The maximum Gasteiger partial charge on any atom is 0.269 e. The topological polar surface area (TPSA) is 90.7 Å². The molecule has 0 aromatic heterocycles. The van der Waals surface area contributed by atoms with Crippen LogP contribution in [0.15, 0.2) is 48.5 Å². The lowest BCUT2D eigenvalue weighted by atomic mass is 10.3. The lowest BCUT2D eigenvalue weighted by Crippen LogP contribution is -2.20. The summed E-state index contributed by atoms with van der Waals surface area (Å²) in [6, 6.07) is 12.5. The SMILES string of the molecule is COc1cccc(OCC(=O)Nc2ccc([N+](=O)[O-])cc2)c1. The minimum absolute atomic E-state index is 0.0365. The van der Waals surface area contributed by atoms with E-state index in [1.807, 2.05) is 0 Å². The fraction of sp³-hybridized carbons (Fsp3) is 0.133. The van der Waals surface area contributed by atoms with Crippen LogP contribution in [0.4, 0.5) is 11.4 Å². The Morgan fingerprint density at radius 2 is 1.86 bits per heavy atom. The zero-order valence-electron chi connectivity index (χ0n) is 11.8. The summed E-state index contributed by atoms with van der Waals surface area (Å²) >= 11 is 0. The van der Waals surface area contributed by atoms with Gasteiger partial charge < -0.3 is 14.8 Å². The molecular formula is C15H14N2O5. The van der Waals surface area contributed by atoms with Gasteiger partial charge in [0.1, 0.15) is 11.5 Å². The third-order valence-electron chi connectivity index (χ3n) is 2.77. The number of hydrogen-bond donors (Lipinski definition) is 1. The molecule has 0 atom stereocenters. The van der Waals surface area contributed by atoms with Gasteiger partial charge in [-0.25, -0.2) is 0 Å². The predicted octanol–water partition coefficient (Wildman–Crippen LogP) is 2.62. The van der Waals surface area contributed by atoms with Gasteiger partial charge in [-0.15, -0.1) is 0 Å². The lowest BCUT2D eigenvalue weighted by molar-refractivity contribution is -0.384. The second-order valence-corrected chi connectivity index (χ2v) is 4.32. The van der Waals surface area contributed by atoms with Gasteiger partial charge in [0.2, 0.25) is 0 Å². The van der Waals surface area contributed by atoms with Gasteiger partial charge in [0.25, 0.3) is 11.6 Å². The van der Waals surface area contributed by atoms with Crippen LogP contribution >= 0.6 is 0 Å². The van der Waals surface area contributed by atoms with Crippen molar-refractivity contribution in [1.29, 1.82) is 0 Å². The van der Waals surface area contributed by atoms with E-state index in [1.54, 1.807) is 31.4 Å². The van der Waals surface area contributed by atoms with Crippen molar-refractivity contribution in [2.24, 2.45) is 0 Å². The minimum Gasteiger partial charge on any atom is -0.497 e. The molecule has 0 bridgehead atoms. The van der Waals surface area contributed by atoms with Crippen LogP contribution in [0.5, 0.6) is 11.5 Å². The van der Waals surface area contributed by atoms with Crippen LogP contribution in [0.2, 0.25) is 0 Å². The van der Waals surface area contributed by atoms with Crippen molar-refractivity contribution in [2.45, 2.75) is 0 Å². The number of nitrogens with zero attached hydrogens (tertiary/aromatic N) is 1. The average Bonchev–Trinajstić information content (AvgIpc) is 2.53. The number of anilines is 1. The summed E-state index contributed by atoms with van der Waals surface area (Å²) in [5, 5.41) is 13.1. The highest BCUT2D eigenvalue weighted by Gasteiger charge is 2.07. The summed E-state index contributed by atoms with van der Waals surface area (Å²) < 4.78 is 10.4. The highest BCUT2D eigenvalue weighted by molar-refractivity contribution is 5.91. The molecule has 0 radical (unpaired) electrons. The van der Waals surface area contributed by atoms with Crippen LogP contribution < -0.4 is 14.8 Å². The molecule has 114 valence electrons. The second-order valence-electron chi connectivity index (χ2n) is 4.32. The first-order valence-corrected chi connectivity index (χ1v) is 6.39. The molecule has 7 heteroatoms. The molecular weight excluding hydrogens is 288 g/mol. The normalized spacial score (nSPS) is 9.86. The van der Waals surface area contributed by atoms with Crippen molar-refractivity contribution in [3.63, 3.8) is 0 Å². The Morgan fingerprint density at radius 3 is 2.50 bits per heavy atom. The molecule has 1 N–H and O–H groups in total. The largest absolute Gasteiger partial charge is 0.497 e. The van der Waals surface area contributed by atoms with Gasteiger partial charge in [-0.2, -0.15) is 0 Å². The summed E-state index contributed by atoms with van der Waals surface area (Å²) in [5.74, 6) is 0.781. The first-order valence-electron chi connectivity index (χ1n) is 6.39. The molecule has 0 aliphatic rings. The Labute approximate surface area is 126 Å². The van der Waals surface area contributed by atoms with E-state index >= 15 is 0 Å². The zero-order valence-corrected chi connectivity index (χ0v) is 11.8. The highest BCUT2D eigenvalue weighted by atomic mass is 16.6. The Kier molecular flexibility index (Phi) is 4.92. The third-order valence-corrected chi connectivity index (χ3v) is 2.77. The maximum atomic E-state index is 11.8. The van der Waals surface area contributed by atoms with Gasteiger partial charge in [0.05, 0.1) is 12.0 Å². The van der Waals surface area contributed by atoms with Gasteiger partial charge in [-0.1, -0.05) is 6.07 Å². The van der Waals surface area contributed by atoms with Crippen molar-refractivity contribution < 1.29 is 19.2 Å². The van der Waals surface area contributed by atoms with E-state index in [0.717, 1.165) is 0 Å². The van der Waals surface area contributed by atoms with Gasteiger partial charge in [-0.3, -0.25) is 14.9 Å². The van der Waals surface area contributed by atoms with Crippen LogP contribution in [-0.4, -0.2) is 24.5 Å². The molecule has 0 fully saturated rings. The molecule has 0 saturated heterocycles. The van der Waals surface area contributed by atoms with E-state index < -0.39 is 4.92 Å². The van der Waals surface area contributed by atoms with Crippen LogP contribution in [-0.2, 0) is 4.79 Å². The van der Waals surface area contributed by atoms with Gasteiger partial charge in [-0.05, 0) is 24.3 Å². The monoisotopic (exact) mass is 302 g/mol. The number of nitro groups is 1. The summed E-state index contributed by atoms with van der Waals surface area (Å²) in [4.78, 5) is 21.8. The molecule has 0 saturated carbocycles. The van der Waals surface area contributed by atoms with Crippen molar-refractivity contribution in [1.82, 2.24) is 0 Å². The highest BCUT2D eigenvalue weighted by Crippen LogP contribution is 2.19. The summed E-state index contributed by atoms with van der Waals surface area (Å²) in [5.41, 5.74) is 0.426. The maximum absolute atomic E-state index is 11.8. The molecule has 0 unspecified atom stereocenters. The average molecular weight is 302 g/mol. The van der Waals surface area contributed by atoms with Crippen molar-refractivity contribution in [3.05, 3.63) is 58.6 Å². The molecule has 2 aromatic rings. The van der Waals surface area contributed by atoms with Crippen LogP contribution in [0.25, 0.3) is 0 Å². The smallest absolute Gasteiger partial charge is 0.269 e. The molecule has 0 aliphatic carbocycles. The van der Waals surface area contributed by atoms with Gasteiger partial charge in [0, 0.05) is 23.9 Å². The Bertz CT molecular complexity index is 670. The fourth-order valence-electron chi connectivity index (χ4n) is 1.70. The second kappa shape index (κ2) is 7.07. The van der Waals surface area contributed by atoms with Gasteiger partial charge >= 0.3 is 0 Å². The summed E-state index contributed by atoms with van der Waals surface area (Å²) in [6.45, 7) is -0.176. The molecule has 0 aliphatic heterocycles. The van der Waals surface area contributed by atoms with Crippen molar-refractivity contribution in [2.75, 3.05) is 19.0 Å². The number of rotatable bonds is 6. The minimum atomic E-state index is -0.502. The number of carbonyl (C=O) groups is 1. The zero-order chi connectivity index (χ0) is 15.9. The number of non-ortho nitro benzene ring substituents is 1. The first-order chi connectivity index (χ1) is 10.6. The van der Waals surface area contributed by atoms with Crippen LogP contribution in [0.3, 0.4) is 0 Å². The number of methoxy groups -OCH3 is 1. The van der Waals surface area contributed by atoms with Crippen molar-refractivity contribution in [3.8, 4) is 11.5 Å². The number of ether oxygens (including phenoxy) is 2. The molecule has 0 heterocycles. The Balaban J connectivity index is 1.88. The third kappa shape index (κ3) is 4.20.